The van der Waals surface area contributed by atoms with E-state index in [0.717, 1.165) is 71.1 Å². The smallest absolute Gasteiger partial charge is 0.224 e. The Bertz CT molecular complexity index is 647. The van der Waals surface area contributed by atoms with Crippen LogP contribution in [0.3, 0.4) is 0 Å². The van der Waals surface area contributed by atoms with Crippen LogP contribution in [0.15, 0.2) is 6.33 Å². The molecular weight excluding hydrogens is 330 g/mol. The van der Waals surface area contributed by atoms with E-state index < -0.39 is 0 Å². The van der Waals surface area contributed by atoms with Gasteiger partial charge in [-0.25, -0.2) is 9.97 Å². The van der Waals surface area contributed by atoms with Crippen LogP contribution in [-0.2, 0) is 22.4 Å². The van der Waals surface area contributed by atoms with Gasteiger partial charge in [-0.3, -0.25) is 4.79 Å². The number of aromatic nitrogens is 2. The van der Waals surface area contributed by atoms with Crippen molar-refractivity contribution in [2.24, 2.45) is 5.92 Å². The summed E-state index contributed by atoms with van der Waals surface area (Å²) in [5.41, 5.74) is 2.47. The fraction of sp³-hybridized carbons (Fsp3) is 0.737. The minimum atomic E-state index is 0.220. The Morgan fingerprint density at radius 1 is 1.12 bits per heavy atom. The third-order valence-electron chi connectivity index (χ3n) is 5.92. The molecular formula is C19H29N5O2. The lowest BCUT2D eigenvalue weighted by atomic mass is 10.1. The van der Waals surface area contributed by atoms with E-state index >= 15 is 0 Å². The molecule has 0 saturated carbocycles. The molecule has 1 unspecified atom stereocenters. The van der Waals surface area contributed by atoms with Crippen molar-refractivity contribution in [1.82, 2.24) is 19.8 Å². The fourth-order valence-electron chi connectivity index (χ4n) is 4.24. The van der Waals surface area contributed by atoms with E-state index in [1.54, 1.807) is 6.33 Å². The Morgan fingerprint density at radius 2 is 2.00 bits per heavy atom. The van der Waals surface area contributed by atoms with Crippen molar-refractivity contribution < 1.29 is 9.53 Å². The highest BCUT2D eigenvalue weighted by atomic mass is 16.5. The predicted molar refractivity (Wildman–Crippen MR) is 99.3 cm³/mol. The topological polar surface area (TPSA) is 61.8 Å². The van der Waals surface area contributed by atoms with Gasteiger partial charge < -0.3 is 19.4 Å². The fourth-order valence-corrected chi connectivity index (χ4v) is 4.24. The van der Waals surface area contributed by atoms with Crippen LogP contribution in [0.4, 0.5) is 5.82 Å². The third-order valence-corrected chi connectivity index (χ3v) is 5.92. The van der Waals surface area contributed by atoms with Gasteiger partial charge in [0, 0.05) is 71.3 Å². The molecule has 0 aromatic carbocycles. The maximum atomic E-state index is 12.0. The molecule has 7 nitrogen and oxygen atoms in total. The van der Waals surface area contributed by atoms with Gasteiger partial charge in [-0.1, -0.05) is 0 Å². The molecule has 2 fully saturated rings. The standard InChI is InChI=1S/C19H29N5O2/c1-22-9-10-24(8-4-18(22)25)19-16-2-6-23(12-15-5-11-26-13-15)7-3-17(16)20-14-21-19/h14-15H,2-13H2,1H3. The van der Waals surface area contributed by atoms with Gasteiger partial charge in [0.15, 0.2) is 0 Å². The van der Waals surface area contributed by atoms with Crippen LogP contribution in [-0.4, -0.2) is 85.2 Å². The molecule has 0 N–H and O–H groups in total. The number of ether oxygens (including phenoxy) is 1. The minimum absolute atomic E-state index is 0.220. The molecule has 1 atom stereocenters. The molecule has 3 aliphatic rings. The number of anilines is 1. The Labute approximate surface area is 155 Å². The maximum Gasteiger partial charge on any atom is 0.224 e. The van der Waals surface area contributed by atoms with Gasteiger partial charge in [0.05, 0.1) is 12.3 Å². The van der Waals surface area contributed by atoms with Crippen LogP contribution in [0.5, 0.6) is 0 Å². The average Bonchev–Trinajstić information content (AvgIpc) is 3.00. The SMILES string of the molecule is CN1CCN(c2ncnc3c2CCN(CC2CCOC2)CC3)CCC1=O. The summed E-state index contributed by atoms with van der Waals surface area (Å²) in [7, 11) is 1.89. The number of carbonyl (C=O) groups is 1. The predicted octanol–water partition coefficient (Wildman–Crippen LogP) is 0.582. The molecule has 2 saturated heterocycles. The van der Waals surface area contributed by atoms with Crippen molar-refractivity contribution in [3.05, 3.63) is 17.6 Å². The molecule has 1 aromatic rings. The molecule has 0 aliphatic carbocycles. The van der Waals surface area contributed by atoms with Gasteiger partial charge in [0.25, 0.3) is 0 Å². The molecule has 0 bridgehead atoms. The van der Waals surface area contributed by atoms with Gasteiger partial charge >= 0.3 is 0 Å². The number of carbonyl (C=O) groups excluding carboxylic acids is 1. The molecule has 1 aromatic heterocycles. The molecule has 3 aliphatic heterocycles. The maximum absolute atomic E-state index is 12.0. The van der Waals surface area contributed by atoms with E-state index in [1.807, 2.05) is 11.9 Å². The second kappa shape index (κ2) is 7.88. The van der Waals surface area contributed by atoms with E-state index in [1.165, 1.54) is 17.7 Å². The highest BCUT2D eigenvalue weighted by Gasteiger charge is 2.26. The van der Waals surface area contributed by atoms with E-state index in [4.69, 9.17) is 4.74 Å². The number of rotatable bonds is 3. The zero-order chi connectivity index (χ0) is 17.9. The summed E-state index contributed by atoms with van der Waals surface area (Å²) in [5.74, 6) is 1.94. The van der Waals surface area contributed by atoms with Crippen LogP contribution in [0, 0.1) is 5.92 Å². The van der Waals surface area contributed by atoms with Gasteiger partial charge in [0.2, 0.25) is 5.91 Å². The molecule has 0 radical (unpaired) electrons. The molecule has 26 heavy (non-hydrogen) atoms. The van der Waals surface area contributed by atoms with Crippen LogP contribution in [0.1, 0.15) is 24.1 Å². The highest BCUT2D eigenvalue weighted by Crippen LogP contribution is 2.25. The Kier molecular flexibility index (Phi) is 5.36. The number of hydrogen-bond donors (Lipinski definition) is 0. The first-order chi connectivity index (χ1) is 12.7. The molecule has 1 amide bonds. The lowest BCUT2D eigenvalue weighted by Gasteiger charge is -2.25. The van der Waals surface area contributed by atoms with Crippen LogP contribution < -0.4 is 4.90 Å². The zero-order valence-electron chi connectivity index (χ0n) is 15.7. The van der Waals surface area contributed by atoms with E-state index in [9.17, 15) is 4.79 Å². The second-order valence-electron chi connectivity index (χ2n) is 7.71. The van der Waals surface area contributed by atoms with Gasteiger partial charge in [-0.05, 0) is 18.8 Å². The van der Waals surface area contributed by atoms with Crippen LogP contribution in [0.25, 0.3) is 0 Å². The summed E-state index contributed by atoms with van der Waals surface area (Å²) in [6.07, 6.45) is 5.41. The van der Waals surface area contributed by atoms with E-state index in [-0.39, 0.29) is 5.91 Å². The first-order valence-electron chi connectivity index (χ1n) is 9.82. The monoisotopic (exact) mass is 359 g/mol. The van der Waals surface area contributed by atoms with E-state index in [0.29, 0.717) is 12.3 Å². The van der Waals surface area contributed by atoms with Gasteiger partial charge in [0.1, 0.15) is 12.1 Å². The molecule has 4 rings (SSSR count). The Balaban J connectivity index is 1.47. The summed E-state index contributed by atoms with van der Waals surface area (Å²) in [6.45, 7) is 7.40. The van der Waals surface area contributed by atoms with Crippen molar-refractivity contribution >= 4 is 11.7 Å². The highest BCUT2D eigenvalue weighted by molar-refractivity contribution is 5.77. The first-order valence-corrected chi connectivity index (χ1v) is 9.82. The molecule has 7 heteroatoms. The quantitative estimate of drug-likeness (QED) is 0.787. The average molecular weight is 359 g/mol. The van der Waals surface area contributed by atoms with E-state index in [2.05, 4.69) is 19.8 Å². The van der Waals surface area contributed by atoms with Gasteiger partial charge in [-0.15, -0.1) is 0 Å². The summed E-state index contributed by atoms with van der Waals surface area (Å²) < 4.78 is 5.53. The molecule has 142 valence electrons. The number of amides is 1. The van der Waals surface area contributed by atoms with Gasteiger partial charge in [-0.2, -0.15) is 0 Å². The van der Waals surface area contributed by atoms with Crippen molar-refractivity contribution in [2.75, 3.05) is 64.4 Å². The second-order valence-corrected chi connectivity index (χ2v) is 7.71. The minimum Gasteiger partial charge on any atom is -0.381 e. The molecule has 4 heterocycles. The zero-order valence-corrected chi connectivity index (χ0v) is 15.7. The molecule has 0 spiro atoms. The lowest BCUT2D eigenvalue weighted by Crippen LogP contribution is -2.32. The Hall–Kier alpha value is -1.73. The van der Waals surface area contributed by atoms with Crippen molar-refractivity contribution in [3.63, 3.8) is 0 Å². The summed E-state index contributed by atoms with van der Waals surface area (Å²) >= 11 is 0. The summed E-state index contributed by atoms with van der Waals surface area (Å²) in [6, 6.07) is 0. The van der Waals surface area contributed by atoms with Crippen molar-refractivity contribution in [2.45, 2.75) is 25.7 Å². The normalized spacial score (nSPS) is 25.1. The lowest BCUT2D eigenvalue weighted by molar-refractivity contribution is -0.129. The third kappa shape index (κ3) is 3.83. The van der Waals surface area contributed by atoms with Crippen LogP contribution in [0.2, 0.25) is 0 Å². The number of fused-ring (bicyclic) bond motifs is 1. The largest absolute Gasteiger partial charge is 0.381 e. The van der Waals surface area contributed by atoms with Crippen LogP contribution >= 0.6 is 0 Å². The number of likely N-dealkylation sites (N-methyl/N-ethyl adjacent to an activating group) is 1. The van der Waals surface area contributed by atoms with Crippen molar-refractivity contribution in [3.8, 4) is 0 Å². The summed E-state index contributed by atoms with van der Waals surface area (Å²) in [4.78, 5) is 27.9. The number of hydrogen-bond acceptors (Lipinski definition) is 6. The number of nitrogens with zero attached hydrogens (tertiary/aromatic N) is 5. The summed E-state index contributed by atoms with van der Waals surface area (Å²) in [5, 5.41) is 0. The van der Waals surface area contributed by atoms with Crippen molar-refractivity contribution in [1.29, 1.82) is 0 Å². The first kappa shape index (κ1) is 17.7. The Morgan fingerprint density at radius 3 is 2.85 bits per heavy atom.